The summed E-state index contributed by atoms with van der Waals surface area (Å²) in [6, 6.07) is 0. The number of amides is 1. The summed E-state index contributed by atoms with van der Waals surface area (Å²) in [5, 5.41) is 15.6. The number of aliphatic hydroxyl groups excluding tert-OH is 1. The molecule has 0 spiro atoms. The molecule has 2 unspecified atom stereocenters. The maximum atomic E-state index is 11.8. The Bertz CT molecular complexity index is 271. The number of carbonyl (C=O) groups excluding carboxylic acids is 1. The molecular weight excluding hydrogens is 228 g/mol. The van der Waals surface area contributed by atoms with Gasteiger partial charge in [0.1, 0.15) is 0 Å². The lowest BCUT2D eigenvalue weighted by atomic mass is 9.82. The molecule has 1 amide bonds. The van der Waals surface area contributed by atoms with Crippen molar-refractivity contribution < 1.29 is 9.90 Å². The van der Waals surface area contributed by atoms with E-state index in [0.29, 0.717) is 24.2 Å². The summed E-state index contributed by atoms with van der Waals surface area (Å²) in [4.78, 5) is 11.8. The zero-order chi connectivity index (χ0) is 13.0. The number of piperidine rings is 1. The van der Waals surface area contributed by atoms with Gasteiger partial charge in [0.2, 0.25) is 5.91 Å². The van der Waals surface area contributed by atoms with E-state index >= 15 is 0 Å². The van der Waals surface area contributed by atoms with Gasteiger partial charge in [-0.1, -0.05) is 6.92 Å². The first kappa shape index (κ1) is 13.8. The minimum absolute atomic E-state index is 0.126. The molecule has 1 saturated heterocycles. The Morgan fingerprint density at radius 1 is 1.50 bits per heavy atom. The highest BCUT2D eigenvalue weighted by Gasteiger charge is 2.27. The molecule has 1 saturated carbocycles. The molecule has 1 aliphatic heterocycles. The van der Waals surface area contributed by atoms with Crippen molar-refractivity contribution in [3.05, 3.63) is 0 Å². The van der Waals surface area contributed by atoms with Gasteiger partial charge in [-0.25, -0.2) is 0 Å². The fourth-order valence-electron chi connectivity index (χ4n) is 3.02. The third-order valence-corrected chi connectivity index (χ3v) is 4.45. The standard InChI is InChI=1S/C14H26N2O2/c1-10(12-3-2-4-15-9-12)5-14(18)16-8-11-6-13(17)7-11/h10-13,15,17H,2-9H2,1H3,(H,16,18). The second-order valence-electron chi connectivity index (χ2n) is 6.08. The molecule has 0 bridgehead atoms. The fourth-order valence-corrected chi connectivity index (χ4v) is 3.02. The number of hydrogen-bond acceptors (Lipinski definition) is 3. The molecule has 0 aromatic rings. The molecule has 0 radical (unpaired) electrons. The summed E-state index contributed by atoms with van der Waals surface area (Å²) in [6.45, 7) is 5.11. The lowest BCUT2D eigenvalue weighted by Gasteiger charge is -2.32. The average molecular weight is 254 g/mol. The minimum Gasteiger partial charge on any atom is -0.393 e. The fraction of sp³-hybridized carbons (Fsp3) is 0.929. The van der Waals surface area contributed by atoms with Crippen molar-refractivity contribution in [2.45, 2.75) is 45.1 Å². The van der Waals surface area contributed by atoms with Crippen molar-refractivity contribution in [1.29, 1.82) is 0 Å². The highest BCUT2D eigenvalue weighted by Crippen LogP contribution is 2.26. The quantitative estimate of drug-likeness (QED) is 0.683. The van der Waals surface area contributed by atoms with Crippen LogP contribution in [0.1, 0.15) is 39.0 Å². The maximum Gasteiger partial charge on any atom is 0.220 e. The van der Waals surface area contributed by atoms with Crippen LogP contribution in [0.15, 0.2) is 0 Å². The molecule has 4 heteroatoms. The van der Waals surface area contributed by atoms with E-state index in [2.05, 4.69) is 17.6 Å². The van der Waals surface area contributed by atoms with E-state index in [4.69, 9.17) is 0 Å². The molecule has 2 fully saturated rings. The summed E-state index contributed by atoms with van der Waals surface area (Å²) < 4.78 is 0. The van der Waals surface area contributed by atoms with E-state index in [1.54, 1.807) is 0 Å². The van der Waals surface area contributed by atoms with Crippen LogP contribution in [0.2, 0.25) is 0 Å². The molecule has 104 valence electrons. The Balaban J connectivity index is 1.60. The summed E-state index contributed by atoms with van der Waals surface area (Å²) >= 11 is 0. The van der Waals surface area contributed by atoms with Crippen LogP contribution < -0.4 is 10.6 Å². The van der Waals surface area contributed by atoms with Gasteiger partial charge in [0, 0.05) is 13.0 Å². The van der Waals surface area contributed by atoms with E-state index < -0.39 is 0 Å². The lowest BCUT2D eigenvalue weighted by molar-refractivity contribution is -0.122. The summed E-state index contributed by atoms with van der Waals surface area (Å²) in [7, 11) is 0. The number of rotatable bonds is 5. The van der Waals surface area contributed by atoms with Crippen LogP contribution in [0.5, 0.6) is 0 Å². The van der Waals surface area contributed by atoms with Crippen molar-refractivity contribution in [3.63, 3.8) is 0 Å². The normalized spacial score (nSPS) is 33.6. The number of hydrogen-bond donors (Lipinski definition) is 3. The third-order valence-electron chi connectivity index (χ3n) is 4.45. The van der Waals surface area contributed by atoms with Gasteiger partial charge < -0.3 is 15.7 Å². The topological polar surface area (TPSA) is 61.4 Å². The van der Waals surface area contributed by atoms with Crippen LogP contribution in [0.25, 0.3) is 0 Å². The molecule has 3 N–H and O–H groups in total. The first-order valence-electron chi connectivity index (χ1n) is 7.30. The second-order valence-corrected chi connectivity index (χ2v) is 6.08. The molecule has 18 heavy (non-hydrogen) atoms. The molecule has 1 aliphatic carbocycles. The van der Waals surface area contributed by atoms with Crippen LogP contribution in [-0.4, -0.2) is 36.8 Å². The summed E-state index contributed by atoms with van der Waals surface area (Å²) in [5.41, 5.74) is 0. The van der Waals surface area contributed by atoms with Crippen molar-refractivity contribution in [1.82, 2.24) is 10.6 Å². The smallest absolute Gasteiger partial charge is 0.220 e. The Morgan fingerprint density at radius 2 is 2.28 bits per heavy atom. The van der Waals surface area contributed by atoms with E-state index in [1.165, 1.54) is 12.8 Å². The van der Waals surface area contributed by atoms with Crippen LogP contribution >= 0.6 is 0 Å². The van der Waals surface area contributed by atoms with E-state index in [-0.39, 0.29) is 12.0 Å². The predicted molar refractivity (Wildman–Crippen MR) is 71.1 cm³/mol. The van der Waals surface area contributed by atoms with E-state index in [9.17, 15) is 9.90 Å². The Morgan fingerprint density at radius 3 is 2.89 bits per heavy atom. The van der Waals surface area contributed by atoms with Crippen LogP contribution in [0.4, 0.5) is 0 Å². The largest absolute Gasteiger partial charge is 0.393 e. The van der Waals surface area contributed by atoms with Gasteiger partial charge >= 0.3 is 0 Å². The monoisotopic (exact) mass is 254 g/mol. The van der Waals surface area contributed by atoms with Gasteiger partial charge in [0.15, 0.2) is 0 Å². The molecule has 4 nitrogen and oxygen atoms in total. The first-order chi connectivity index (χ1) is 8.65. The lowest BCUT2D eigenvalue weighted by Crippen LogP contribution is -2.40. The Labute approximate surface area is 110 Å². The zero-order valence-corrected chi connectivity index (χ0v) is 11.3. The molecular formula is C14H26N2O2. The highest BCUT2D eigenvalue weighted by atomic mass is 16.3. The van der Waals surface area contributed by atoms with Gasteiger partial charge in [-0.15, -0.1) is 0 Å². The van der Waals surface area contributed by atoms with Gasteiger partial charge in [-0.05, 0) is 56.5 Å². The van der Waals surface area contributed by atoms with Crippen molar-refractivity contribution in [3.8, 4) is 0 Å². The SMILES string of the molecule is CC(CC(=O)NCC1CC(O)C1)C1CCCNC1. The van der Waals surface area contributed by atoms with Crippen molar-refractivity contribution in [2.75, 3.05) is 19.6 Å². The molecule has 2 aliphatic rings. The van der Waals surface area contributed by atoms with Crippen LogP contribution in [-0.2, 0) is 4.79 Å². The van der Waals surface area contributed by atoms with Gasteiger partial charge in [0.25, 0.3) is 0 Å². The first-order valence-corrected chi connectivity index (χ1v) is 7.30. The molecule has 1 heterocycles. The number of carbonyl (C=O) groups is 1. The van der Waals surface area contributed by atoms with Crippen molar-refractivity contribution >= 4 is 5.91 Å². The average Bonchev–Trinajstić information content (AvgIpc) is 2.34. The molecule has 0 aromatic carbocycles. The highest BCUT2D eigenvalue weighted by molar-refractivity contribution is 5.76. The van der Waals surface area contributed by atoms with E-state index in [0.717, 1.165) is 32.5 Å². The molecule has 0 aromatic heterocycles. The van der Waals surface area contributed by atoms with E-state index in [1.807, 2.05) is 0 Å². The summed E-state index contributed by atoms with van der Waals surface area (Å²) in [5.74, 6) is 1.78. The molecule has 2 atom stereocenters. The maximum absolute atomic E-state index is 11.8. The Hall–Kier alpha value is -0.610. The Kier molecular flexibility index (Phi) is 5.01. The number of aliphatic hydroxyl groups is 1. The van der Waals surface area contributed by atoms with Crippen molar-refractivity contribution in [2.24, 2.45) is 17.8 Å². The molecule has 2 rings (SSSR count). The zero-order valence-electron chi connectivity index (χ0n) is 11.3. The number of nitrogens with one attached hydrogen (secondary N) is 2. The third kappa shape index (κ3) is 3.95. The van der Waals surface area contributed by atoms with Gasteiger partial charge in [-0.3, -0.25) is 4.79 Å². The minimum atomic E-state index is -0.126. The van der Waals surface area contributed by atoms with Crippen LogP contribution in [0.3, 0.4) is 0 Å². The predicted octanol–water partition coefficient (Wildman–Crippen LogP) is 0.899. The van der Waals surface area contributed by atoms with Gasteiger partial charge in [0.05, 0.1) is 6.10 Å². The van der Waals surface area contributed by atoms with Gasteiger partial charge in [-0.2, -0.15) is 0 Å². The summed E-state index contributed by atoms with van der Waals surface area (Å²) in [6.07, 6.45) is 4.69. The van der Waals surface area contributed by atoms with Crippen LogP contribution in [0, 0.1) is 17.8 Å². The second kappa shape index (κ2) is 6.53.